The minimum absolute atomic E-state index is 0.0818. The van der Waals surface area contributed by atoms with Crippen molar-refractivity contribution in [3.8, 4) is 17.2 Å². The summed E-state index contributed by atoms with van der Waals surface area (Å²) in [6, 6.07) is 13.9. The van der Waals surface area contributed by atoms with Crippen LogP contribution in [-0.4, -0.2) is 44.1 Å². The zero-order valence-corrected chi connectivity index (χ0v) is 23.6. The van der Waals surface area contributed by atoms with Crippen molar-refractivity contribution in [1.29, 1.82) is 0 Å². The van der Waals surface area contributed by atoms with Gasteiger partial charge < -0.3 is 19.5 Å². The fourth-order valence-corrected chi connectivity index (χ4v) is 4.31. The van der Waals surface area contributed by atoms with Gasteiger partial charge in [-0.2, -0.15) is 0 Å². The second kappa shape index (κ2) is 12.6. The van der Waals surface area contributed by atoms with Crippen LogP contribution >= 0.6 is 11.6 Å². The molecule has 2 N–H and O–H groups in total. The van der Waals surface area contributed by atoms with Crippen molar-refractivity contribution in [2.45, 2.75) is 20.8 Å². The molecule has 1 aliphatic rings. The molecule has 41 heavy (non-hydrogen) atoms. The number of hydrogen-bond donors (Lipinski definition) is 2. The Balaban J connectivity index is 1.53. The maximum Gasteiger partial charge on any atom is 0.335 e. The number of methoxy groups -OCH3 is 1. The van der Waals surface area contributed by atoms with Crippen LogP contribution in [0, 0.1) is 13.8 Å². The molecule has 1 heterocycles. The lowest BCUT2D eigenvalue weighted by molar-refractivity contribution is -0.122. The maximum atomic E-state index is 13.2. The molecule has 0 unspecified atom stereocenters. The summed E-state index contributed by atoms with van der Waals surface area (Å²) in [5.41, 5.74) is 3.07. The topological polar surface area (TPSA) is 123 Å². The van der Waals surface area contributed by atoms with Gasteiger partial charge in [0.1, 0.15) is 11.3 Å². The third-order valence-corrected chi connectivity index (χ3v) is 6.49. The van der Waals surface area contributed by atoms with Crippen molar-refractivity contribution in [2.75, 3.05) is 30.5 Å². The predicted molar refractivity (Wildman–Crippen MR) is 155 cm³/mol. The number of nitrogens with zero attached hydrogens (tertiary/aromatic N) is 1. The van der Waals surface area contributed by atoms with Gasteiger partial charge in [0.25, 0.3) is 17.7 Å². The summed E-state index contributed by atoms with van der Waals surface area (Å²) in [6.07, 6.45) is 1.29. The predicted octanol–water partition coefficient (Wildman–Crippen LogP) is 5.05. The molecule has 0 aromatic heterocycles. The first-order valence-electron chi connectivity index (χ1n) is 12.6. The van der Waals surface area contributed by atoms with Gasteiger partial charge in [-0.15, -0.1) is 0 Å². The van der Waals surface area contributed by atoms with Crippen LogP contribution in [-0.2, 0) is 14.4 Å². The van der Waals surface area contributed by atoms with Gasteiger partial charge in [0, 0.05) is 5.69 Å². The molecule has 1 aliphatic heterocycles. The zero-order valence-electron chi connectivity index (χ0n) is 22.9. The van der Waals surface area contributed by atoms with Gasteiger partial charge in [-0.1, -0.05) is 17.7 Å². The molecular formula is C30H28ClN3O7. The Labute approximate surface area is 241 Å². The number of nitrogens with one attached hydrogen (secondary N) is 2. The molecule has 0 aliphatic carbocycles. The summed E-state index contributed by atoms with van der Waals surface area (Å²) < 4.78 is 16.4. The molecule has 0 saturated carbocycles. The molecule has 3 aromatic rings. The number of ether oxygens (including phenoxy) is 3. The van der Waals surface area contributed by atoms with Crippen molar-refractivity contribution in [2.24, 2.45) is 0 Å². The van der Waals surface area contributed by atoms with Crippen LogP contribution < -0.4 is 29.7 Å². The lowest BCUT2D eigenvalue weighted by Crippen LogP contribution is -2.54. The molecule has 11 heteroatoms. The normalized spacial score (nSPS) is 14.1. The van der Waals surface area contributed by atoms with Crippen LogP contribution in [0.5, 0.6) is 17.2 Å². The maximum absolute atomic E-state index is 13.2. The van der Waals surface area contributed by atoms with Crippen LogP contribution in [0.25, 0.3) is 6.08 Å². The standard InChI is InChI=1S/C30H28ClN3O7/c1-5-40-22-10-8-21(9-11-22)34-29(37)23(28(36)33-30(34)38)13-19-14-24(31)27(25(15-19)39-4)41-16-26(35)32-20-7-6-17(2)18(3)12-20/h6-15H,5,16H2,1-4H3,(H,32,35)(H,33,36,38)/b23-13+. The first-order chi connectivity index (χ1) is 19.6. The Morgan fingerprint density at radius 1 is 1.00 bits per heavy atom. The third kappa shape index (κ3) is 6.67. The van der Waals surface area contributed by atoms with Crippen LogP contribution in [0.15, 0.2) is 60.2 Å². The average Bonchev–Trinajstić information content (AvgIpc) is 2.93. The number of amides is 5. The first kappa shape index (κ1) is 29.2. The molecule has 5 amide bonds. The highest BCUT2D eigenvalue weighted by atomic mass is 35.5. The van der Waals surface area contributed by atoms with Crippen molar-refractivity contribution >= 4 is 52.8 Å². The summed E-state index contributed by atoms with van der Waals surface area (Å²) in [5, 5.41) is 5.02. The minimum Gasteiger partial charge on any atom is -0.494 e. The first-order valence-corrected chi connectivity index (χ1v) is 13.0. The van der Waals surface area contributed by atoms with Gasteiger partial charge in [-0.3, -0.25) is 19.7 Å². The summed E-state index contributed by atoms with van der Waals surface area (Å²) in [4.78, 5) is 51.7. The molecule has 10 nitrogen and oxygen atoms in total. The molecule has 4 rings (SSSR count). The van der Waals surface area contributed by atoms with Crippen molar-refractivity contribution < 1.29 is 33.4 Å². The number of benzene rings is 3. The Bertz CT molecular complexity index is 1550. The van der Waals surface area contributed by atoms with E-state index in [1.54, 1.807) is 18.2 Å². The highest BCUT2D eigenvalue weighted by Crippen LogP contribution is 2.37. The summed E-state index contributed by atoms with van der Waals surface area (Å²) in [7, 11) is 1.38. The van der Waals surface area contributed by atoms with Crippen molar-refractivity contribution in [3.05, 3.63) is 81.9 Å². The van der Waals surface area contributed by atoms with Gasteiger partial charge >= 0.3 is 6.03 Å². The Morgan fingerprint density at radius 2 is 1.73 bits per heavy atom. The summed E-state index contributed by atoms with van der Waals surface area (Å²) in [5.74, 6) is -1.23. The van der Waals surface area contributed by atoms with E-state index in [9.17, 15) is 19.2 Å². The Hall–Kier alpha value is -4.83. The van der Waals surface area contributed by atoms with Gasteiger partial charge in [0.05, 0.1) is 24.4 Å². The molecule has 3 aromatic carbocycles. The third-order valence-electron chi connectivity index (χ3n) is 6.21. The SMILES string of the molecule is CCOc1ccc(N2C(=O)NC(=O)/C(=C\c3cc(Cl)c(OCC(=O)Nc4ccc(C)c(C)c4)c(OC)c3)C2=O)cc1. The molecule has 0 spiro atoms. The van der Waals surface area contributed by atoms with E-state index in [4.69, 9.17) is 25.8 Å². The molecule has 1 fully saturated rings. The van der Waals surface area contributed by atoms with Crippen LogP contribution in [0.4, 0.5) is 16.2 Å². The summed E-state index contributed by atoms with van der Waals surface area (Å²) >= 11 is 6.45. The van der Waals surface area contributed by atoms with E-state index in [0.29, 0.717) is 23.6 Å². The van der Waals surface area contributed by atoms with Gasteiger partial charge in [0.2, 0.25) is 0 Å². The minimum atomic E-state index is -0.875. The van der Waals surface area contributed by atoms with E-state index < -0.39 is 23.8 Å². The van der Waals surface area contributed by atoms with Gasteiger partial charge in [0.15, 0.2) is 18.1 Å². The lowest BCUT2D eigenvalue weighted by atomic mass is 10.1. The van der Waals surface area contributed by atoms with Gasteiger partial charge in [-0.05, 0) is 92.1 Å². The number of aryl methyl sites for hydroxylation is 2. The number of rotatable bonds is 9. The number of barbiturate groups is 1. The second-order valence-electron chi connectivity index (χ2n) is 9.05. The molecule has 1 saturated heterocycles. The number of halogens is 1. The molecule has 212 valence electrons. The summed E-state index contributed by atoms with van der Waals surface area (Å²) in [6.45, 7) is 5.88. The average molecular weight is 578 g/mol. The number of carbonyl (C=O) groups is 4. The number of anilines is 2. The molecular weight excluding hydrogens is 550 g/mol. The molecule has 0 atom stereocenters. The van der Waals surface area contributed by atoms with E-state index in [0.717, 1.165) is 16.0 Å². The fourth-order valence-electron chi connectivity index (χ4n) is 4.03. The zero-order chi connectivity index (χ0) is 29.7. The number of carbonyl (C=O) groups excluding carboxylic acids is 4. The van der Waals surface area contributed by atoms with Gasteiger partial charge in [-0.25, -0.2) is 9.69 Å². The van der Waals surface area contributed by atoms with Crippen LogP contribution in [0.3, 0.4) is 0 Å². The fraction of sp³-hybridized carbons (Fsp3) is 0.200. The quantitative estimate of drug-likeness (QED) is 0.269. The lowest BCUT2D eigenvalue weighted by Gasteiger charge is -2.26. The van der Waals surface area contributed by atoms with E-state index >= 15 is 0 Å². The van der Waals surface area contributed by atoms with E-state index in [2.05, 4.69) is 10.6 Å². The number of hydrogen-bond acceptors (Lipinski definition) is 7. The smallest absolute Gasteiger partial charge is 0.335 e. The Morgan fingerprint density at radius 3 is 2.39 bits per heavy atom. The van der Waals surface area contributed by atoms with Crippen molar-refractivity contribution in [1.82, 2.24) is 5.32 Å². The molecule has 0 radical (unpaired) electrons. The second-order valence-corrected chi connectivity index (χ2v) is 9.46. The number of urea groups is 1. The number of imide groups is 2. The largest absolute Gasteiger partial charge is 0.494 e. The van der Waals surface area contributed by atoms with Crippen LogP contribution in [0.2, 0.25) is 5.02 Å². The monoisotopic (exact) mass is 577 g/mol. The van der Waals surface area contributed by atoms with E-state index in [-0.39, 0.29) is 34.4 Å². The van der Waals surface area contributed by atoms with E-state index in [1.807, 2.05) is 32.9 Å². The Kier molecular flexibility index (Phi) is 8.94. The molecule has 0 bridgehead atoms. The van der Waals surface area contributed by atoms with Crippen LogP contribution in [0.1, 0.15) is 23.6 Å². The van der Waals surface area contributed by atoms with E-state index in [1.165, 1.54) is 37.5 Å². The highest BCUT2D eigenvalue weighted by molar-refractivity contribution is 6.39. The highest BCUT2D eigenvalue weighted by Gasteiger charge is 2.37. The van der Waals surface area contributed by atoms with Crippen molar-refractivity contribution in [3.63, 3.8) is 0 Å².